The number of nitrogens with zero attached hydrogens (tertiary/aromatic N) is 2. The van der Waals surface area contributed by atoms with Crippen molar-refractivity contribution in [2.45, 2.75) is 7.43 Å². The van der Waals surface area contributed by atoms with E-state index in [0.717, 1.165) is 19.6 Å². The van der Waals surface area contributed by atoms with Crippen molar-refractivity contribution >= 4 is 0 Å². The molecule has 0 saturated carbocycles. The molecule has 0 bridgehead atoms. The average Bonchev–Trinajstić information content (AvgIpc) is 1.85. The fourth-order valence-corrected chi connectivity index (χ4v) is 0.653. The standard InChI is InChI=1S/C7H18N2O.CH4/c1-8(2)4-5-9(3)6-7-10;/h10H,4-7H2,1-3H3;1H4. The van der Waals surface area contributed by atoms with E-state index < -0.39 is 0 Å². The minimum absolute atomic E-state index is 0. The first-order valence-electron chi connectivity index (χ1n) is 3.61. The van der Waals surface area contributed by atoms with Crippen LogP contribution in [0.25, 0.3) is 0 Å². The van der Waals surface area contributed by atoms with Crippen molar-refractivity contribution < 1.29 is 5.11 Å². The molecule has 0 heterocycles. The first-order valence-corrected chi connectivity index (χ1v) is 3.61. The summed E-state index contributed by atoms with van der Waals surface area (Å²) in [5.74, 6) is 0. The van der Waals surface area contributed by atoms with Crippen LogP contribution in [0.5, 0.6) is 0 Å². The SMILES string of the molecule is C.CN(C)CCN(C)CCO. The number of rotatable bonds is 5. The normalized spacial score (nSPS) is 10.4. The molecule has 0 atom stereocenters. The lowest BCUT2D eigenvalue weighted by Crippen LogP contribution is -2.30. The fourth-order valence-electron chi connectivity index (χ4n) is 0.653. The molecule has 0 saturated heterocycles. The molecule has 0 aromatic rings. The highest BCUT2D eigenvalue weighted by Gasteiger charge is 1.96. The van der Waals surface area contributed by atoms with Gasteiger partial charge in [0.1, 0.15) is 0 Å². The van der Waals surface area contributed by atoms with Gasteiger partial charge in [-0.05, 0) is 21.1 Å². The predicted octanol–water partition coefficient (Wildman–Crippen LogP) is 0.108. The molecule has 3 heteroatoms. The Morgan fingerprint density at radius 3 is 1.91 bits per heavy atom. The summed E-state index contributed by atoms with van der Waals surface area (Å²) in [6.45, 7) is 3.10. The quantitative estimate of drug-likeness (QED) is 0.621. The van der Waals surface area contributed by atoms with E-state index in [9.17, 15) is 0 Å². The molecular weight excluding hydrogens is 140 g/mol. The maximum Gasteiger partial charge on any atom is 0.0558 e. The lowest BCUT2D eigenvalue weighted by atomic mass is 10.5. The zero-order chi connectivity index (χ0) is 7.98. The molecule has 0 rings (SSSR count). The summed E-state index contributed by atoms with van der Waals surface area (Å²) < 4.78 is 0. The van der Waals surface area contributed by atoms with Crippen molar-refractivity contribution in [2.24, 2.45) is 0 Å². The summed E-state index contributed by atoms with van der Waals surface area (Å²) in [7, 11) is 6.11. The number of hydrogen-bond donors (Lipinski definition) is 1. The van der Waals surface area contributed by atoms with E-state index in [2.05, 4.69) is 9.80 Å². The summed E-state index contributed by atoms with van der Waals surface area (Å²) in [4.78, 5) is 4.24. The van der Waals surface area contributed by atoms with Crippen LogP contribution in [0, 0.1) is 0 Å². The third kappa shape index (κ3) is 9.88. The lowest BCUT2D eigenvalue weighted by Gasteiger charge is -2.17. The molecule has 0 aromatic heterocycles. The molecule has 0 spiro atoms. The summed E-state index contributed by atoms with van der Waals surface area (Å²) in [6, 6.07) is 0. The van der Waals surface area contributed by atoms with Gasteiger partial charge in [-0.25, -0.2) is 0 Å². The highest BCUT2D eigenvalue weighted by molar-refractivity contribution is 4.51. The third-order valence-electron chi connectivity index (χ3n) is 1.41. The van der Waals surface area contributed by atoms with Crippen molar-refractivity contribution in [3.8, 4) is 0 Å². The lowest BCUT2D eigenvalue weighted by molar-refractivity contribution is 0.209. The first kappa shape index (κ1) is 13.5. The van der Waals surface area contributed by atoms with E-state index >= 15 is 0 Å². The monoisotopic (exact) mass is 162 g/mol. The van der Waals surface area contributed by atoms with E-state index in [1.54, 1.807) is 0 Å². The van der Waals surface area contributed by atoms with Crippen LogP contribution in [0.4, 0.5) is 0 Å². The van der Waals surface area contributed by atoms with Crippen molar-refractivity contribution in [1.82, 2.24) is 9.80 Å². The van der Waals surface area contributed by atoms with Crippen molar-refractivity contribution in [3.63, 3.8) is 0 Å². The summed E-state index contributed by atoms with van der Waals surface area (Å²) >= 11 is 0. The van der Waals surface area contributed by atoms with E-state index in [4.69, 9.17) is 5.11 Å². The van der Waals surface area contributed by atoms with Gasteiger partial charge in [0.15, 0.2) is 0 Å². The van der Waals surface area contributed by atoms with E-state index in [1.807, 2.05) is 21.1 Å². The van der Waals surface area contributed by atoms with Crippen LogP contribution in [0.1, 0.15) is 7.43 Å². The van der Waals surface area contributed by atoms with Crippen LogP contribution in [0.15, 0.2) is 0 Å². The molecular formula is C8H22N2O. The molecule has 1 N–H and O–H groups in total. The molecule has 0 aliphatic heterocycles. The molecule has 0 amide bonds. The Balaban J connectivity index is 0. The minimum Gasteiger partial charge on any atom is -0.395 e. The first-order chi connectivity index (χ1) is 4.66. The largest absolute Gasteiger partial charge is 0.395 e. The molecule has 11 heavy (non-hydrogen) atoms. The summed E-state index contributed by atoms with van der Waals surface area (Å²) in [5.41, 5.74) is 0. The van der Waals surface area contributed by atoms with E-state index in [-0.39, 0.29) is 14.0 Å². The number of aliphatic hydroxyl groups is 1. The predicted molar refractivity (Wildman–Crippen MR) is 49.9 cm³/mol. The zero-order valence-electron chi connectivity index (χ0n) is 7.17. The van der Waals surface area contributed by atoms with Crippen LogP contribution in [-0.2, 0) is 0 Å². The second-order valence-corrected chi connectivity index (χ2v) is 2.83. The molecule has 0 fully saturated rings. The van der Waals surface area contributed by atoms with Gasteiger partial charge in [-0.15, -0.1) is 0 Å². The Bertz CT molecular complexity index is 76.5. The Morgan fingerprint density at radius 2 is 1.55 bits per heavy atom. The van der Waals surface area contributed by atoms with Crippen molar-refractivity contribution in [2.75, 3.05) is 47.4 Å². The molecule has 0 aliphatic rings. The maximum absolute atomic E-state index is 8.55. The minimum atomic E-state index is 0. The van der Waals surface area contributed by atoms with E-state index in [1.165, 1.54) is 0 Å². The van der Waals surface area contributed by atoms with Crippen LogP contribution in [0.2, 0.25) is 0 Å². The van der Waals surface area contributed by atoms with Gasteiger partial charge in [-0.3, -0.25) is 0 Å². The maximum atomic E-state index is 8.55. The molecule has 0 unspecified atom stereocenters. The molecule has 3 nitrogen and oxygen atoms in total. The number of aliphatic hydroxyl groups excluding tert-OH is 1. The second-order valence-electron chi connectivity index (χ2n) is 2.83. The Labute approximate surface area is 70.6 Å². The average molecular weight is 162 g/mol. The smallest absolute Gasteiger partial charge is 0.0558 e. The van der Waals surface area contributed by atoms with Crippen molar-refractivity contribution in [3.05, 3.63) is 0 Å². The molecule has 0 aromatic carbocycles. The third-order valence-corrected chi connectivity index (χ3v) is 1.41. The summed E-state index contributed by atoms with van der Waals surface area (Å²) in [6.07, 6.45) is 0. The number of hydrogen-bond acceptors (Lipinski definition) is 3. The highest BCUT2D eigenvalue weighted by atomic mass is 16.3. The van der Waals surface area contributed by atoms with E-state index in [0.29, 0.717) is 0 Å². The van der Waals surface area contributed by atoms with Crippen LogP contribution in [0.3, 0.4) is 0 Å². The van der Waals surface area contributed by atoms with Crippen LogP contribution < -0.4 is 0 Å². The van der Waals surface area contributed by atoms with Gasteiger partial charge in [-0.1, -0.05) is 7.43 Å². The topological polar surface area (TPSA) is 26.7 Å². The molecule has 70 valence electrons. The Morgan fingerprint density at radius 1 is 1.00 bits per heavy atom. The fraction of sp³-hybridized carbons (Fsp3) is 1.00. The molecule has 0 radical (unpaired) electrons. The second kappa shape index (κ2) is 7.98. The van der Waals surface area contributed by atoms with Gasteiger partial charge < -0.3 is 14.9 Å². The zero-order valence-corrected chi connectivity index (χ0v) is 7.17. The van der Waals surface area contributed by atoms with Gasteiger partial charge in [0.05, 0.1) is 6.61 Å². The van der Waals surface area contributed by atoms with Crippen molar-refractivity contribution in [1.29, 1.82) is 0 Å². The van der Waals surface area contributed by atoms with Gasteiger partial charge in [0.25, 0.3) is 0 Å². The van der Waals surface area contributed by atoms with Crippen LogP contribution in [-0.4, -0.2) is 62.3 Å². The highest BCUT2D eigenvalue weighted by Crippen LogP contribution is 1.81. The summed E-state index contributed by atoms with van der Waals surface area (Å²) in [5, 5.41) is 8.55. The van der Waals surface area contributed by atoms with Gasteiger partial charge in [-0.2, -0.15) is 0 Å². The molecule has 0 aliphatic carbocycles. The van der Waals surface area contributed by atoms with Gasteiger partial charge in [0.2, 0.25) is 0 Å². The Kier molecular flexibility index (Phi) is 9.77. The van der Waals surface area contributed by atoms with Gasteiger partial charge in [0, 0.05) is 19.6 Å². The van der Waals surface area contributed by atoms with Crippen LogP contribution >= 0.6 is 0 Å². The Hall–Kier alpha value is -0.120. The van der Waals surface area contributed by atoms with Gasteiger partial charge >= 0.3 is 0 Å². The number of likely N-dealkylation sites (N-methyl/N-ethyl adjacent to an activating group) is 2.